The van der Waals surface area contributed by atoms with Crippen molar-refractivity contribution in [2.24, 2.45) is 5.92 Å². The highest BCUT2D eigenvalue weighted by Gasteiger charge is 2.09. The number of aromatic nitrogens is 2. The number of aryl methyl sites for hydroxylation is 1. The number of hydrogen-bond donors (Lipinski definition) is 1. The molecule has 0 unspecified atom stereocenters. The fourth-order valence-corrected chi connectivity index (χ4v) is 2.65. The topological polar surface area (TPSA) is 29.9 Å². The monoisotopic (exact) mass is 335 g/mol. The lowest BCUT2D eigenvalue weighted by atomic mass is 10.1. The molecule has 0 amide bonds. The standard InChI is InChI=1S/C16H22BrN3/c1-4-16-19-7-8-20(16)15-6-5-14(17)9-13(15)11-18-10-12(2)3/h5-9,12,18H,4,10-11H2,1-3H3. The summed E-state index contributed by atoms with van der Waals surface area (Å²) in [5, 5.41) is 3.51. The molecule has 1 N–H and O–H groups in total. The summed E-state index contributed by atoms with van der Waals surface area (Å²) < 4.78 is 3.29. The highest BCUT2D eigenvalue weighted by atomic mass is 79.9. The van der Waals surface area contributed by atoms with Crippen LogP contribution in [0.4, 0.5) is 0 Å². The van der Waals surface area contributed by atoms with Crippen molar-refractivity contribution in [3.8, 4) is 5.69 Å². The molecule has 0 saturated carbocycles. The van der Waals surface area contributed by atoms with E-state index in [1.54, 1.807) is 0 Å². The van der Waals surface area contributed by atoms with E-state index in [4.69, 9.17) is 0 Å². The van der Waals surface area contributed by atoms with E-state index in [9.17, 15) is 0 Å². The third kappa shape index (κ3) is 3.70. The molecule has 3 nitrogen and oxygen atoms in total. The molecule has 0 aliphatic heterocycles. The fourth-order valence-electron chi connectivity index (χ4n) is 2.24. The van der Waals surface area contributed by atoms with Gasteiger partial charge in [-0.25, -0.2) is 4.98 Å². The van der Waals surface area contributed by atoms with Gasteiger partial charge in [-0.1, -0.05) is 36.7 Å². The summed E-state index contributed by atoms with van der Waals surface area (Å²) in [6, 6.07) is 6.42. The Balaban J connectivity index is 2.28. The van der Waals surface area contributed by atoms with Gasteiger partial charge in [0.15, 0.2) is 0 Å². The number of nitrogens with zero attached hydrogens (tertiary/aromatic N) is 2. The van der Waals surface area contributed by atoms with Crippen LogP contribution < -0.4 is 5.32 Å². The van der Waals surface area contributed by atoms with Crippen LogP contribution in [0.1, 0.15) is 32.2 Å². The Labute approximate surface area is 129 Å². The minimum atomic E-state index is 0.657. The van der Waals surface area contributed by atoms with Crippen molar-refractivity contribution in [3.05, 3.63) is 46.5 Å². The van der Waals surface area contributed by atoms with E-state index in [2.05, 4.69) is 69.8 Å². The summed E-state index contributed by atoms with van der Waals surface area (Å²) in [4.78, 5) is 4.41. The van der Waals surface area contributed by atoms with Gasteiger partial charge in [-0.05, 0) is 36.2 Å². The normalized spacial score (nSPS) is 11.2. The molecule has 0 bridgehead atoms. The molecular formula is C16H22BrN3. The number of nitrogens with one attached hydrogen (secondary N) is 1. The van der Waals surface area contributed by atoms with E-state index >= 15 is 0 Å². The summed E-state index contributed by atoms with van der Waals surface area (Å²) >= 11 is 3.56. The van der Waals surface area contributed by atoms with Gasteiger partial charge < -0.3 is 9.88 Å². The van der Waals surface area contributed by atoms with Gasteiger partial charge in [-0.2, -0.15) is 0 Å². The summed E-state index contributed by atoms with van der Waals surface area (Å²) in [6.07, 6.45) is 4.84. The van der Waals surface area contributed by atoms with Crippen LogP contribution >= 0.6 is 15.9 Å². The van der Waals surface area contributed by atoms with Crippen molar-refractivity contribution in [2.75, 3.05) is 6.54 Å². The second-order valence-corrected chi connectivity index (χ2v) is 6.28. The minimum Gasteiger partial charge on any atom is -0.312 e. The van der Waals surface area contributed by atoms with Gasteiger partial charge >= 0.3 is 0 Å². The van der Waals surface area contributed by atoms with Gasteiger partial charge in [0.1, 0.15) is 5.82 Å². The van der Waals surface area contributed by atoms with Gasteiger partial charge in [0.05, 0.1) is 5.69 Å². The van der Waals surface area contributed by atoms with Gasteiger partial charge in [-0.3, -0.25) is 0 Å². The molecular weight excluding hydrogens is 314 g/mol. The van der Waals surface area contributed by atoms with Crippen LogP contribution in [0.5, 0.6) is 0 Å². The fraction of sp³-hybridized carbons (Fsp3) is 0.438. The molecule has 0 saturated heterocycles. The van der Waals surface area contributed by atoms with E-state index in [0.29, 0.717) is 5.92 Å². The summed E-state index contributed by atoms with van der Waals surface area (Å²) in [5.74, 6) is 1.75. The zero-order valence-corrected chi connectivity index (χ0v) is 13.9. The second-order valence-electron chi connectivity index (χ2n) is 5.36. The Bertz CT molecular complexity index is 561. The van der Waals surface area contributed by atoms with Crippen LogP contribution in [-0.4, -0.2) is 16.1 Å². The van der Waals surface area contributed by atoms with Gasteiger partial charge in [0.25, 0.3) is 0 Å². The Hall–Kier alpha value is -1.13. The van der Waals surface area contributed by atoms with Crippen molar-refractivity contribution < 1.29 is 0 Å². The SMILES string of the molecule is CCc1nccn1-c1ccc(Br)cc1CNCC(C)C. The molecule has 0 aliphatic rings. The van der Waals surface area contributed by atoms with Crippen molar-refractivity contribution in [3.63, 3.8) is 0 Å². The van der Waals surface area contributed by atoms with Gasteiger partial charge in [0.2, 0.25) is 0 Å². The first-order chi connectivity index (χ1) is 9.61. The maximum atomic E-state index is 4.41. The summed E-state index contributed by atoms with van der Waals surface area (Å²) in [5.41, 5.74) is 2.49. The zero-order chi connectivity index (χ0) is 14.5. The highest BCUT2D eigenvalue weighted by molar-refractivity contribution is 9.10. The molecule has 0 aliphatic carbocycles. The Morgan fingerprint density at radius 3 is 2.85 bits per heavy atom. The number of imidazole rings is 1. The molecule has 0 fully saturated rings. The molecule has 1 heterocycles. The van der Waals surface area contributed by atoms with Crippen molar-refractivity contribution in [1.82, 2.24) is 14.9 Å². The number of halogens is 1. The second kappa shape index (κ2) is 7.04. The molecule has 4 heteroatoms. The lowest BCUT2D eigenvalue weighted by Crippen LogP contribution is -2.20. The smallest absolute Gasteiger partial charge is 0.112 e. The van der Waals surface area contributed by atoms with Gasteiger partial charge in [-0.15, -0.1) is 0 Å². The first-order valence-electron chi connectivity index (χ1n) is 7.13. The lowest BCUT2D eigenvalue weighted by molar-refractivity contribution is 0.551. The first-order valence-corrected chi connectivity index (χ1v) is 7.92. The van der Waals surface area contributed by atoms with E-state index in [0.717, 1.165) is 29.8 Å². The molecule has 0 spiro atoms. The quantitative estimate of drug-likeness (QED) is 0.866. The molecule has 2 rings (SSSR count). The van der Waals surface area contributed by atoms with E-state index in [1.807, 2.05) is 12.4 Å². The third-order valence-corrected chi connectivity index (χ3v) is 3.70. The Morgan fingerprint density at radius 1 is 1.35 bits per heavy atom. The largest absolute Gasteiger partial charge is 0.312 e. The number of benzene rings is 1. The summed E-state index contributed by atoms with van der Waals surface area (Å²) in [7, 11) is 0. The van der Waals surface area contributed by atoms with Crippen LogP contribution in [0.25, 0.3) is 5.69 Å². The predicted molar refractivity (Wildman–Crippen MR) is 87.2 cm³/mol. The predicted octanol–water partition coefficient (Wildman–Crippen LogP) is 3.94. The maximum absolute atomic E-state index is 4.41. The van der Waals surface area contributed by atoms with Crippen molar-refractivity contribution in [1.29, 1.82) is 0 Å². The molecule has 2 aromatic rings. The Morgan fingerprint density at radius 2 is 2.15 bits per heavy atom. The van der Waals surface area contributed by atoms with Gasteiger partial charge in [0, 0.05) is 29.8 Å². The lowest BCUT2D eigenvalue weighted by Gasteiger charge is -2.15. The van der Waals surface area contributed by atoms with Crippen LogP contribution in [0, 0.1) is 5.92 Å². The average Bonchev–Trinajstić information content (AvgIpc) is 2.86. The van der Waals surface area contributed by atoms with Crippen molar-refractivity contribution in [2.45, 2.75) is 33.7 Å². The van der Waals surface area contributed by atoms with E-state index < -0.39 is 0 Å². The number of rotatable bonds is 6. The molecule has 20 heavy (non-hydrogen) atoms. The van der Waals surface area contributed by atoms with E-state index in [-0.39, 0.29) is 0 Å². The molecule has 0 atom stereocenters. The van der Waals surface area contributed by atoms with E-state index in [1.165, 1.54) is 11.3 Å². The maximum Gasteiger partial charge on any atom is 0.112 e. The van der Waals surface area contributed by atoms with Crippen LogP contribution in [0.15, 0.2) is 35.1 Å². The molecule has 108 valence electrons. The van der Waals surface area contributed by atoms with Crippen LogP contribution in [-0.2, 0) is 13.0 Å². The van der Waals surface area contributed by atoms with Crippen molar-refractivity contribution >= 4 is 15.9 Å². The first kappa shape index (κ1) is 15.3. The highest BCUT2D eigenvalue weighted by Crippen LogP contribution is 2.21. The number of hydrogen-bond acceptors (Lipinski definition) is 2. The third-order valence-electron chi connectivity index (χ3n) is 3.20. The van der Waals surface area contributed by atoms with Crippen LogP contribution in [0.2, 0.25) is 0 Å². The molecule has 0 radical (unpaired) electrons. The average molecular weight is 336 g/mol. The minimum absolute atomic E-state index is 0.657. The molecule has 1 aromatic carbocycles. The zero-order valence-electron chi connectivity index (χ0n) is 12.4. The van der Waals surface area contributed by atoms with Crippen LogP contribution in [0.3, 0.4) is 0 Å². The molecule has 1 aromatic heterocycles. The summed E-state index contributed by atoms with van der Waals surface area (Å²) in [6.45, 7) is 8.47. The Kier molecular flexibility index (Phi) is 5.38.